The number of rotatable bonds is 8. The number of aryl methyl sites for hydroxylation is 2. The summed E-state index contributed by atoms with van der Waals surface area (Å²) in [5.74, 6) is 0.862. The van der Waals surface area contributed by atoms with Gasteiger partial charge in [0.1, 0.15) is 0 Å². The number of fused-ring (bicyclic) bond motifs is 8. The number of aliphatic hydroxyl groups is 2. The maximum Gasteiger partial charge on any atom is 0.216 e. The molecule has 0 fully saturated rings. The number of carbonyl (C=O) groups is 2. The van der Waals surface area contributed by atoms with Gasteiger partial charge >= 0.3 is 0 Å². The molecule has 0 unspecified atom stereocenters. The molecule has 0 saturated carbocycles. The maximum absolute atomic E-state index is 10.0. The molecule has 14 heteroatoms. The Morgan fingerprint density at radius 3 is 1.33 bits per heavy atom. The summed E-state index contributed by atoms with van der Waals surface area (Å²) in [5.41, 5.74) is 15.0. The second-order valence-corrected chi connectivity index (χ2v) is 24.4. The fourth-order valence-corrected chi connectivity index (χ4v) is 11.6. The first-order chi connectivity index (χ1) is 39.0. The molecule has 0 aliphatic rings. The van der Waals surface area contributed by atoms with E-state index in [4.69, 9.17) is 29.0 Å². The number of pyridine rings is 4. The molecule has 8 aromatic heterocycles. The summed E-state index contributed by atoms with van der Waals surface area (Å²) in [4.78, 5) is 41.3. The van der Waals surface area contributed by atoms with Crippen molar-refractivity contribution in [2.45, 2.75) is 107 Å². The summed E-state index contributed by atoms with van der Waals surface area (Å²) in [7, 11) is 0. The molecule has 12 rings (SSSR count). The molecule has 8 heterocycles. The number of aliphatic hydroxyl groups excluding tert-OH is 2. The first kappa shape index (κ1) is 64.3. The summed E-state index contributed by atoms with van der Waals surface area (Å²) >= 11 is 3.60. The molecule has 434 valence electrons. The molecule has 4 aromatic carbocycles. The van der Waals surface area contributed by atoms with Crippen LogP contribution in [0.5, 0.6) is 0 Å². The number of carbonyl (C=O) groups excluding carboxylic acids is 2. The average molecular weight is 1510 g/mol. The predicted octanol–water partition coefficient (Wildman–Crippen LogP) is 19.7. The third kappa shape index (κ3) is 15.0. The number of furan rings is 2. The predicted molar refractivity (Wildman–Crippen MR) is 339 cm³/mol. The van der Waals surface area contributed by atoms with Crippen LogP contribution >= 0.6 is 22.7 Å². The smallest absolute Gasteiger partial charge is 0.216 e. The molecule has 0 aliphatic heterocycles. The molecule has 0 amide bonds. The van der Waals surface area contributed by atoms with Crippen molar-refractivity contribution in [1.29, 1.82) is 0 Å². The Kier molecular flexibility index (Phi) is 20.8. The van der Waals surface area contributed by atoms with Crippen molar-refractivity contribution < 1.29 is 68.8 Å². The van der Waals surface area contributed by atoms with Crippen LogP contribution < -0.4 is 0 Å². The van der Waals surface area contributed by atoms with Gasteiger partial charge in [0.25, 0.3) is 0 Å². The summed E-state index contributed by atoms with van der Waals surface area (Å²) < 4.78 is 14.8. The molecule has 0 atom stereocenters. The van der Waals surface area contributed by atoms with Gasteiger partial charge in [-0.1, -0.05) is 125 Å². The van der Waals surface area contributed by atoms with E-state index in [0.29, 0.717) is 23.3 Å². The topological polar surface area (TPSA) is 152 Å². The van der Waals surface area contributed by atoms with Crippen molar-refractivity contribution in [1.82, 2.24) is 19.9 Å². The molecule has 84 heavy (non-hydrogen) atoms. The monoisotopic (exact) mass is 1510 g/mol. The summed E-state index contributed by atoms with van der Waals surface area (Å²) in [6.45, 7) is 25.4. The van der Waals surface area contributed by atoms with Crippen LogP contribution in [0.2, 0.25) is 0 Å². The fourth-order valence-electron chi connectivity index (χ4n) is 9.44. The van der Waals surface area contributed by atoms with Gasteiger partial charge in [0.15, 0.2) is 11.6 Å². The normalized spacial score (nSPS) is 11.8. The molecule has 0 spiro atoms. The van der Waals surface area contributed by atoms with Gasteiger partial charge in [-0.2, -0.15) is 0 Å². The third-order valence-corrected chi connectivity index (χ3v) is 15.9. The molecular formula is C70H66Ir2N4O6S2-2. The molecule has 0 bridgehead atoms. The zero-order valence-corrected chi connectivity index (χ0v) is 55.7. The fraction of sp³-hybridized carbons (Fsp3) is 0.229. The van der Waals surface area contributed by atoms with E-state index in [2.05, 4.69) is 149 Å². The molecular weight excluding hydrogens is 1440 g/mol. The first-order valence-electron chi connectivity index (χ1n) is 27.2. The Labute approximate surface area is 525 Å². The quantitative estimate of drug-likeness (QED) is 0.0854. The van der Waals surface area contributed by atoms with Gasteiger partial charge < -0.3 is 29.0 Å². The van der Waals surface area contributed by atoms with Crippen molar-refractivity contribution in [2.24, 2.45) is 0 Å². The Morgan fingerprint density at radius 2 is 0.964 bits per heavy atom. The van der Waals surface area contributed by atoms with E-state index in [1.54, 1.807) is 11.3 Å². The summed E-state index contributed by atoms with van der Waals surface area (Å²) in [5, 5.41) is 23.1. The molecule has 12 aromatic rings. The summed E-state index contributed by atoms with van der Waals surface area (Å²) in [6, 6.07) is 47.6. The largest absolute Gasteiger partial charge is 0.512 e. The zero-order valence-electron chi connectivity index (χ0n) is 49.2. The van der Waals surface area contributed by atoms with Gasteiger partial charge in [-0.25, -0.2) is 9.97 Å². The average Bonchev–Trinajstić information content (AvgIpc) is 3.05. The van der Waals surface area contributed by atoms with Crippen LogP contribution in [-0.4, -0.2) is 41.7 Å². The van der Waals surface area contributed by atoms with Gasteiger partial charge in [0.05, 0.1) is 22.7 Å². The van der Waals surface area contributed by atoms with Gasteiger partial charge in [-0.3, -0.25) is 9.59 Å². The van der Waals surface area contributed by atoms with Crippen molar-refractivity contribution in [3.63, 3.8) is 0 Å². The van der Waals surface area contributed by atoms with Crippen LogP contribution in [0.15, 0.2) is 160 Å². The van der Waals surface area contributed by atoms with E-state index < -0.39 is 0 Å². The minimum Gasteiger partial charge on any atom is -0.512 e. The summed E-state index contributed by atoms with van der Waals surface area (Å²) in [6.07, 6.45) is 6.25. The minimum absolute atomic E-state index is 0. The third-order valence-electron chi connectivity index (χ3n) is 13.6. The molecule has 10 nitrogen and oxygen atoms in total. The van der Waals surface area contributed by atoms with Crippen molar-refractivity contribution in [2.75, 3.05) is 0 Å². The van der Waals surface area contributed by atoms with Crippen LogP contribution in [0, 0.1) is 26.0 Å². The number of benzene rings is 4. The van der Waals surface area contributed by atoms with E-state index >= 15 is 0 Å². The number of hydrogen-bond acceptors (Lipinski definition) is 12. The van der Waals surface area contributed by atoms with Crippen LogP contribution in [0.3, 0.4) is 0 Å². The molecule has 2 N–H and O–H groups in total. The number of allylic oxidation sites excluding steroid dienone is 4. The maximum atomic E-state index is 10.0. The van der Waals surface area contributed by atoms with Crippen LogP contribution in [0.1, 0.15) is 116 Å². The Hall–Kier alpha value is -7.28. The SMILES string of the molecule is CC(=O)C=C(C)O.CC(=O)C=C(C)O.Cc1ccc2c(n1)oc1c(-c3cc4sc(-c5cc(C(C)C)cc(C(C)C)c5)cc4cn3)[c-]ccc12.Cc1ccc2c(n1)oc1c(-c3cc4sc(-c5ccc(C(C)(C)C)cc5)cc4cn3)[c-]ccc12.[Ir].[Ir]. The van der Waals surface area contributed by atoms with Gasteiger partial charge in [-0.15, -0.1) is 59.1 Å². The van der Waals surface area contributed by atoms with Crippen molar-refractivity contribution in [3.8, 4) is 43.4 Å². The van der Waals surface area contributed by atoms with Gasteiger partial charge in [0.2, 0.25) is 11.4 Å². The van der Waals surface area contributed by atoms with Gasteiger partial charge in [-0.05, 0) is 134 Å². The van der Waals surface area contributed by atoms with E-state index in [9.17, 15) is 9.59 Å². The standard InChI is InChI=1S/C31H27N2OS.C29H23N2OS.2C5H8O2.2Ir/c1-17(2)20-11-21(18(3)4)13-22(12-20)28-14-23-16-32-27(15-29(23)35-28)26-8-6-7-24-25-10-9-19(5)33-31(25)34-30(24)26;1-17-8-13-22-21-6-5-7-23(27(21)32-28(22)31-17)24-15-26-19(16-30-24)14-25(33-26)18-9-11-20(12-10-18)29(2,3)4;2*1-4(6)3-5(2)7;;/h6-7,9-18H,1-5H3;5-6,8-16H,1-4H3;2*3,6H,1-2H3;;/q2*-1;;;;. The van der Waals surface area contributed by atoms with Crippen LogP contribution in [-0.2, 0) is 55.2 Å². The van der Waals surface area contributed by atoms with E-state index in [1.807, 2.05) is 74.0 Å². The second-order valence-electron chi connectivity index (χ2n) is 22.3. The van der Waals surface area contributed by atoms with Gasteiger partial charge in [0, 0.05) is 117 Å². The molecule has 0 aliphatic carbocycles. The second kappa shape index (κ2) is 27.2. The van der Waals surface area contributed by atoms with E-state index in [1.165, 1.54) is 86.8 Å². The minimum atomic E-state index is -0.125. The van der Waals surface area contributed by atoms with Crippen molar-refractivity contribution in [3.05, 3.63) is 192 Å². The zero-order chi connectivity index (χ0) is 58.7. The number of aromatic nitrogens is 4. The van der Waals surface area contributed by atoms with Crippen LogP contribution in [0.4, 0.5) is 0 Å². The van der Waals surface area contributed by atoms with Crippen molar-refractivity contribution >= 4 is 98.6 Å². The Morgan fingerprint density at radius 1 is 0.548 bits per heavy atom. The Balaban J connectivity index is 0.000000193. The Bertz CT molecular complexity index is 4360. The van der Waals surface area contributed by atoms with E-state index in [-0.39, 0.29) is 68.7 Å². The number of thiophene rings is 2. The number of nitrogens with zero attached hydrogens (tertiary/aromatic N) is 4. The molecule has 2 radical (unpaired) electrons. The first-order valence-corrected chi connectivity index (χ1v) is 28.9. The molecule has 0 saturated heterocycles. The van der Waals surface area contributed by atoms with Crippen LogP contribution in [0.25, 0.3) is 108 Å². The number of ketones is 2. The van der Waals surface area contributed by atoms with E-state index in [0.717, 1.165) is 77.4 Å². The number of hydrogen-bond donors (Lipinski definition) is 2.